The summed E-state index contributed by atoms with van der Waals surface area (Å²) in [4.78, 5) is 6.97. The van der Waals surface area contributed by atoms with Gasteiger partial charge in [0.2, 0.25) is 0 Å². The Bertz CT molecular complexity index is 467. The lowest BCUT2D eigenvalue weighted by molar-refractivity contribution is 0.256. The van der Waals surface area contributed by atoms with Crippen LogP contribution in [-0.2, 0) is 6.42 Å². The molecule has 0 bridgehead atoms. The van der Waals surface area contributed by atoms with Gasteiger partial charge in [-0.25, -0.2) is 0 Å². The molecule has 0 amide bonds. The van der Waals surface area contributed by atoms with Crippen molar-refractivity contribution in [3.8, 4) is 0 Å². The average molecular weight is 290 g/mol. The van der Waals surface area contributed by atoms with Crippen LogP contribution in [-0.4, -0.2) is 49.1 Å². The Kier molecular flexibility index (Phi) is 4.48. The summed E-state index contributed by atoms with van der Waals surface area (Å²) in [6.07, 6.45) is 6.56. The Balaban J connectivity index is 1.42. The minimum absolute atomic E-state index is 0.510. The van der Waals surface area contributed by atoms with Gasteiger partial charge in [0.15, 0.2) is 5.96 Å². The molecule has 1 aliphatic carbocycles. The quantitative estimate of drug-likeness (QED) is 0.639. The van der Waals surface area contributed by atoms with Crippen LogP contribution >= 0.6 is 0 Å². The summed E-state index contributed by atoms with van der Waals surface area (Å²) in [5, 5.41) is 6.92. The van der Waals surface area contributed by atoms with Crippen molar-refractivity contribution in [1.82, 2.24) is 15.5 Å². The molecule has 2 aliphatic rings. The van der Waals surface area contributed by atoms with E-state index in [1.165, 1.54) is 19.3 Å². The summed E-state index contributed by atoms with van der Waals surface area (Å²) in [5.74, 6) is 1.91. The Morgan fingerprint density at radius 2 is 2.33 bits per heavy atom. The molecule has 0 spiro atoms. The van der Waals surface area contributed by atoms with Gasteiger partial charge in [-0.3, -0.25) is 9.89 Å². The molecule has 2 N–H and O–H groups in total. The van der Waals surface area contributed by atoms with E-state index < -0.39 is 0 Å². The van der Waals surface area contributed by atoms with Gasteiger partial charge < -0.3 is 15.1 Å². The fraction of sp³-hybridized carbons (Fsp3) is 0.688. The summed E-state index contributed by atoms with van der Waals surface area (Å²) in [7, 11) is 1.83. The molecule has 1 aliphatic heterocycles. The lowest BCUT2D eigenvalue weighted by Gasteiger charge is -2.20. The topological polar surface area (TPSA) is 52.8 Å². The van der Waals surface area contributed by atoms with Crippen molar-refractivity contribution in [1.29, 1.82) is 0 Å². The molecule has 0 radical (unpaired) electrons. The van der Waals surface area contributed by atoms with E-state index >= 15 is 0 Å². The predicted octanol–water partition coefficient (Wildman–Crippen LogP) is 1.61. The van der Waals surface area contributed by atoms with Gasteiger partial charge in [-0.2, -0.15) is 0 Å². The second kappa shape index (κ2) is 6.52. The summed E-state index contributed by atoms with van der Waals surface area (Å²) in [6.45, 7) is 4.32. The standard InChI is InChI=1S/C16H26N4O/c1-12-10-13(11-20(12)14-5-6-14)19-16(17-2)18-8-7-15-4-3-9-21-15/h3-4,9,12-14H,5-8,10-11H2,1-2H3,(H2,17,18,19). The third-order valence-electron chi connectivity index (χ3n) is 4.45. The number of nitrogens with zero attached hydrogens (tertiary/aromatic N) is 2. The molecule has 5 heteroatoms. The van der Waals surface area contributed by atoms with Crippen LogP contribution < -0.4 is 10.6 Å². The largest absolute Gasteiger partial charge is 0.469 e. The van der Waals surface area contributed by atoms with Gasteiger partial charge in [0.1, 0.15) is 5.76 Å². The lowest BCUT2D eigenvalue weighted by Crippen LogP contribution is -2.45. The number of nitrogens with one attached hydrogen (secondary N) is 2. The Morgan fingerprint density at radius 1 is 1.48 bits per heavy atom. The molecule has 2 heterocycles. The first-order valence-corrected chi connectivity index (χ1v) is 8.01. The molecule has 2 unspecified atom stereocenters. The summed E-state index contributed by atoms with van der Waals surface area (Å²) < 4.78 is 5.34. The minimum atomic E-state index is 0.510. The highest BCUT2D eigenvalue weighted by Crippen LogP contribution is 2.33. The summed E-state index contributed by atoms with van der Waals surface area (Å²) in [5.41, 5.74) is 0. The second-order valence-electron chi connectivity index (χ2n) is 6.18. The highest BCUT2D eigenvalue weighted by molar-refractivity contribution is 5.80. The Hall–Kier alpha value is -1.49. The molecule has 1 saturated carbocycles. The Labute approximate surface area is 126 Å². The maximum Gasteiger partial charge on any atom is 0.191 e. The normalized spacial score (nSPS) is 27.0. The van der Waals surface area contributed by atoms with Gasteiger partial charge in [-0.15, -0.1) is 0 Å². The molecule has 2 atom stereocenters. The SMILES string of the molecule is CN=C(NCCc1ccco1)NC1CC(C)N(C2CC2)C1. The number of aliphatic imine (C=N–C) groups is 1. The molecule has 21 heavy (non-hydrogen) atoms. The molecule has 1 saturated heterocycles. The molecule has 116 valence electrons. The van der Waals surface area contributed by atoms with E-state index in [4.69, 9.17) is 4.42 Å². The lowest BCUT2D eigenvalue weighted by atomic mass is 10.2. The third-order valence-corrected chi connectivity index (χ3v) is 4.45. The molecule has 2 fully saturated rings. The number of hydrogen-bond acceptors (Lipinski definition) is 3. The molecule has 5 nitrogen and oxygen atoms in total. The van der Waals surface area contributed by atoms with Crippen molar-refractivity contribution >= 4 is 5.96 Å². The van der Waals surface area contributed by atoms with E-state index in [2.05, 4.69) is 27.4 Å². The molecular weight excluding hydrogens is 264 g/mol. The number of guanidine groups is 1. The third kappa shape index (κ3) is 3.79. The van der Waals surface area contributed by atoms with E-state index in [-0.39, 0.29) is 0 Å². The number of likely N-dealkylation sites (tertiary alicyclic amines) is 1. The van der Waals surface area contributed by atoms with E-state index in [1.807, 2.05) is 19.2 Å². The van der Waals surface area contributed by atoms with Crippen LogP contribution in [0, 0.1) is 0 Å². The van der Waals surface area contributed by atoms with Gasteiger partial charge >= 0.3 is 0 Å². The Morgan fingerprint density at radius 3 is 3.00 bits per heavy atom. The van der Waals surface area contributed by atoms with Gasteiger partial charge in [-0.1, -0.05) is 0 Å². The highest BCUT2D eigenvalue weighted by atomic mass is 16.3. The average Bonchev–Trinajstić information content (AvgIpc) is 3.06. The maximum atomic E-state index is 5.34. The fourth-order valence-electron chi connectivity index (χ4n) is 3.22. The smallest absolute Gasteiger partial charge is 0.191 e. The van der Waals surface area contributed by atoms with E-state index in [1.54, 1.807) is 6.26 Å². The van der Waals surface area contributed by atoms with Crippen LogP contribution in [0.2, 0.25) is 0 Å². The fourth-order valence-corrected chi connectivity index (χ4v) is 3.22. The van der Waals surface area contributed by atoms with Crippen LogP contribution in [0.3, 0.4) is 0 Å². The van der Waals surface area contributed by atoms with Crippen LogP contribution in [0.15, 0.2) is 27.8 Å². The summed E-state index contributed by atoms with van der Waals surface area (Å²) >= 11 is 0. The predicted molar refractivity (Wildman–Crippen MR) is 84.5 cm³/mol. The minimum Gasteiger partial charge on any atom is -0.469 e. The van der Waals surface area contributed by atoms with E-state index in [0.29, 0.717) is 12.1 Å². The van der Waals surface area contributed by atoms with Crippen molar-refractivity contribution in [2.24, 2.45) is 4.99 Å². The van der Waals surface area contributed by atoms with Crippen molar-refractivity contribution in [2.45, 2.75) is 50.7 Å². The number of furan rings is 1. The van der Waals surface area contributed by atoms with Gasteiger partial charge in [0, 0.05) is 44.7 Å². The number of rotatable bonds is 5. The molecule has 0 aromatic carbocycles. The first kappa shape index (κ1) is 14.4. The molecular formula is C16H26N4O. The van der Waals surface area contributed by atoms with Crippen molar-refractivity contribution in [3.05, 3.63) is 24.2 Å². The number of hydrogen-bond donors (Lipinski definition) is 2. The van der Waals surface area contributed by atoms with Crippen LogP contribution in [0.4, 0.5) is 0 Å². The van der Waals surface area contributed by atoms with Gasteiger partial charge in [0.25, 0.3) is 0 Å². The first-order chi connectivity index (χ1) is 10.3. The monoisotopic (exact) mass is 290 g/mol. The van der Waals surface area contributed by atoms with E-state index in [9.17, 15) is 0 Å². The second-order valence-corrected chi connectivity index (χ2v) is 6.18. The highest BCUT2D eigenvalue weighted by Gasteiger charge is 2.38. The van der Waals surface area contributed by atoms with Gasteiger partial charge in [0.05, 0.1) is 6.26 Å². The van der Waals surface area contributed by atoms with Crippen molar-refractivity contribution in [2.75, 3.05) is 20.1 Å². The zero-order valence-corrected chi connectivity index (χ0v) is 13.0. The zero-order chi connectivity index (χ0) is 14.7. The molecule has 3 rings (SSSR count). The van der Waals surface area contributed by atoms with E-state index in [0.717, 1.165) is 37.3 Å². The van der Waals surface area contributed by atoms with Gasteiger partial charge in [-0.05, 0) is 38.3 Å². The zero-order valence-electron chi connectivity index (χ0n) is 13.0. The molecule has 1 aromatic heterocycles. The van der Waals surface area contributed by atoms with Crippen LogP contribution in [0.1, 0.15) is 31.9 Å². The van der Waals surface area contributed by atoms with Crippen LogP contribution in [0.5, 0.6) is 0 Å². The maximum absolute atomic E-state index is 5.34. The molecule has 1 aromatic rings. The van der Waals surface area contributed by atoms with Crippen molar-refractivity contribution in [3.63, 3.8) is 0 Å². The van der Waals surface area contributed by atoms with Crippen LogP contribution in [0.25, 0.3) is 0 Å². The van der Waals surface area contributed by atoms with Crippen molar-refractivity contribution < 1.29 is 4.42 Å². The first-order valence-electron chi connectivity index (χ1n) is 8.01. The summed E-state index contributed by atoms with van der Waals surface area (Å²) in [6, 6.07) is 5.98.